The standard InChI is InChI=1S/C20H27N3O2S/c1-13-18(16(4)24)14(2)21-19(13)20(25)15(3)23-9-7-22(8-10-23)12-17-6-5-11-26-17/h5-6,11,15,21H,7-10,12H2,1-4H3/p+2/t15-/m0/s1. The molecule has 0 saturated carbocycles. The molecule has 140 valence electrons. The molecule has 5 nitrogen and oxygen atoms in total. The van der Waals surface area contributed by atoms with Crippen LogP contribution in [0.25, 0.3) is 0 Å². The van der Waals surface area contributed by atoms with Gasteiger partial charge in [0.2, 0.25) is 5.78 Å². The number of Topliss-reactive ketones (excluding diaryl/α,β-unsaturated/α-hetero) is 2. The number of carbonyl (C=O) groups excluding carboxylic acids is 2. The minimum Gasteiger partial charge on any atom is -0.355 e. The molecule has 26 heavy (non-hydrogen) atoms. The molecule has 1 aliphatic heterocycles. The maximum absolute atomic E-state index is 13.0. The first-order valence-electron chi connectivity index (χ1n) is 9.33. The Balaban J connectivity index is 1.63. The lowest BCUT2D eigenvalue weighted by molar-refractivity contribution is -1.02. The van der Waals surface area contributed by atoms with Crippen LogP contribution in [0.2, 0.25) is 0 Å². The number of quaternary nitrogens is 2. The third-order valence-electron chi connectivity index (χ3n) is 5.65. The molecular weight excluding hydrogens is 346 g/mol. The van der Waals surface area contributed by atoms with Crippen molar-refractivity contribution in [2.45, 2.75) is 40.3 Å². The van der Waals surface area contributed by atoms with Crippen molar-refractivity contribution in [3.05, 3.63) is 44.9 Å². The second-order valence-corrected chi connectivity index (χ2v) is 8.46. The number of hydrogen-bond acceptors (Lipinski definition) is 3. The van der Waals surface area contributed by atoms with Crippen molar-refractivity contribution in [3.63, 3.8) is 0 Å². The van der Waals surface area contributed by atoms with E-state index in [1.165, 1.54) is 9.78 Å². The van der Waals surface area contributed by atoms with Crippen LogP contribution in [-0.4, -0.2) is 48.8 Å². The number of rotatable bonds is 6. The van der Waals surface area contributed by atoms with Gasteiger partial charge in [0, 0.05) is 11.3 Å². The van der Waals surface area contributed by atoms with E-state index in [9.17, 15) is 9.59 Å². The molecule has 3 rings (SSSR count). The molecule has 0 amide bonds. The molecule has 0 aliphatic carbocycles. The lowest BCUT2D eigenvalue weighted by Gasteiger charge is -2.32. The fraction of sp³-hybridized carbons (Fsp3) is 0.500. The predicted octanol–water partition coefficient (Wildman–Crippen LogP) is 0.450. The summed E-state index contributed by atoms with van der Waals surface area (Å²) in [5, 5.41) is 2.13. The van der Waals surface area contributed by atoms with Gasteiger partial charge in [0.05, 0.1) is 10.6 Å². The molecule has 1 aliphatic rings. The SMILES string of the molecule is CC(=O)c1c(C)[nH]c(C(=O)[C@H](C)[NH+]2CC[NH+](Cc3cccs3)CC2)c1C. The molecule has 0 spiro atoms. The zero-order valence-electron chi connectivity index (χ0n) is 16.1. The number of thiophene rings is 1. The lowest BCUT2D eigenvalue weighted by atomic mass is 10.0. The van der Waals surface area contributed by atoms with Gasteiger partial charge in [0.1, 0.15) is 32.7 Å². The zero-order chi connectivity index (χ0) is 18.8. The van der Waals surface area contributed by atoms with Gasteiger partial charge >= 0.3 is 0 Å². The first kappa shape index (κ1) is 19.0. The number of aromatic nitrogens is 1. The van der Waals surface area contributed by atoms with Crippen molar-refractivity contribution in [1.29, 1.82) is 0 Å². The quantitative estimate of drug-likeness (QED) is 0.642. The van der Waals surface area contributed by atoms with Gasteiger partial charge < -0.3 is 14.8 Å². The molecule has 2 aromatic rings. The van der Waals surface area contributed by atoms with E-state index < -0.39 is 0 Å². The summed E-state index contributed by atoms with van der Waals surface area (Å²) in [7, 11) is 0. The van der Waals surface area contributed by atoms with Crippen molar-refractivity contribution in [2.75, 3.05) is 26.2 Å². The van der Waals surface area contributed by atoms with E-state index >= 15 is 0 Å². The van der Waals surface area contributed by atoms with Crippen LogP contribution >= 0.6 is 11.3 Å². The number of hydrogen-bond donors (Lipinski definition) is 3. The minimum atomic E-state index is -0.0881. The molecule has 1 fully saturated rings. The molecule has 6 heteroatoms. The van der Waals surface area contributed by atoms with Gasteiger partial charge in [0.25, 0.3) is 0 Å². The van der Waals surface area contributed by atoms with E-state index in [1.54, 1.807) is 11.8 Å². The van der Waals surface area contributed by atoms with Crippen molar-refractivity contribution >= 4 is 22.9 Å². The Morgan fingerprint density at radius 1 is 1.23 bits per heavy atom. The maximum Gasteiger partial charge on any atom is 0.235 e. The van der Waals surface area contributed by atoms with E-state index in [1.807, 2.05) is 32.1 Å². The molecule has 3 heterocycles. The van der Waals surface area contributed by atoms with Gasteiger partial charge in [0.15, 0.2) is 11.8 Å². The second-order valence-electron chi connectivity index (χ2n) is 7.43. The van der Waals surface area contributed by atoms with E-state index in [-0.39, 0.29) is 17.6 Å². The van der Waals surface area contributed by atoms with Crippen LogP contribution in [0, 0.1) is 13.8 Å². The largest absolute Gasteiger partial charge is 0.355 e. The summed E-state index contributed by atoms with van der Waals surface area (Å²) in [5.74, 6) is 0.135. The maximum atomic E-state index is 13.0. The number of carbonyl (C=O) groups is 2. The van der Waals surface area contributed by atoms with Crippen LogP contribution in [0.4, 0.5) is 0 Å². The monoisotopic (exact) mass is 375 g/mol. The number of H-pyrrole nitrogens is 1. The van der Waals surface area contributed by atoms with E-state index in [0.29, 0.717) is 11.3 Å². The molecule has 2 aromatic heterocycles. The fourth-order valence-electron chi connectivity index (χ4n) is 4.12. The number of piperazine rings is 1. The highest BCUT2D eigenvalue weighted by molar-refractivity contribution is 7.09. The highest BCUT2D eigenvalue weighted by Crippen LogP contribution is 2.19. The van der Waals surface area contributed by atoms with Gasteiger partial charge in [-0.1, -0.05) is 6.07 Å². The molecule has 0 radical (unpaired) electrons. The van der Waals surface area contributed by atoms with Crippen LogP contribution in [0.5, 0.6) is 0 Å². The number of aromatic amines is 1. The van der Waals surface area contributed by atoms with Crippen molar-refractivity contribution in [1.82, 2.24) is 4.98 Å². The van der Waals surface area contributed by atoms with Crippen LogP contribution in [0.1, 0.15) is 50.8 Å². The molecule has 3 N–H and O–H groups in total. The average Bonchev–Trinajstić information content (AvgIpc) is 3.21. The van der Waals surface area contributed by atoms with Gasteiger partial charge in [-0.3, -0.25) is 9.59 Å². The highest BCUT2D eigenvalue weighted by Gasteiger charge is 2.33. The van der Waals surface area contributed by atoms with E-state index in [2.05, 4.69) is 22.5 Å². The van der Waals surface area contributed by atoms with Gasteiger partial charge in [-0.15, -0.1) is 11.3 Å². The Bertz CT molecular complexity index is 786. The van der Waals surface area contributed by atoms with Crippen molar-refractivity contribution < 1.29 is 19.4 Å². The first-order chi connectivity index (χ1) is 12.4. The Morgan fingerprint density at radius 2 is 1.92 bits per heavy atom. The van der Waals surface area contributed by atoms with Crippen molar-refractivity contribution in [3.8, 4) is 0 Å². The van der Waals surface area contributed by atoms with Crippen molar-refractivity contribution in [2.24, 2.45) is 0 Å². The van der Waals surface area contributed by atoms with Crippen LogP contribution in [-0.2, 0) is 6.54 Å². The summed E-state index contributed by atoms with van der Waals surface area (Å²) < 4.78 is 0. The summed E-state index contributed by atoms with van der Waals surface area (Å²) >= 11 is 1.82. The third kappa shape index (κ3) is 3.82. The topological polar surface area (TPSA) is 58.8 Å². The lowest BCUT2D eigenvalue weighted by Crippen LogP contribution is -3.29. The Kier molecular flexibility index (Phi) is 5.75. The summed E-state index contributed by atoms with van der Waals surface area (Å²) in [5.41, 5.74) is 2.88. The summed E-state index contributed by atoms with van der Waals surface area (Å²) in [6.07, 6.45) is 0. The molecule has 0 unspecified atom stereocenters. The fourth-order valence-corrected chi connectivity index (χ4v) is 4.90. The third-order valence-corrected chi connectivity index (χ3v) is 6.52. The second kappa shape index (κ2) is 7.86. The average molecular weight is 376 g/mol. The van der Waals surface area contributed by atoms with Crippen LogP contribution in [0.3, 0.4) is 0 Å². The van der Waals surface area contributed by atoms with Gasteiger partial charge in [-0.25, -0.2) is 0 Å². The Hall–Kier alpha value is -1.76. The van der Waals surface area contributed by atoms with E-state index in [4.69, 9.17) is 0 Å². The minimum absolute atomic E-state index is 0.0149. The molecule has 0 bridgehead atoms. The summed E-state index contributed by atoms with van der Waals surface area (Å²) in [6, 6.07) is 4.22. The number of aryl methyl sites for hydroxylation is 1. The van der Waals surface area contributed by atoms with Gasteiger partial charge in [-0.05, 0) is 44.7 Å². The molecular formula is C20H29N3O2S+2. The smallest absolute Gasteiger partial charge is 0.235 e. The predicted molar refractivity (Wildman–Crippen MR) is 103 cm³/mol. The molecule has 1 atom stereocenters. The van der Waals surface area contributed by atoms with Crippen LogP contribution in [0.15, 0.2) is 17.5 Å². The number of nitrogens with one attached hydrogen (secondary N) is 3. The molecule has 1 saturated heterocycles. The number of ketones is 2. The van der Waals surface area contributed by atoms with E-state index in [0.717, 1.165) is 44.0 Å². The Morgan fingerprint density at radius 3 is 2.46 bits per heavy atom. The summed E-state index contributed by atoms with van der Waals surface area (Å²) in [4.78, 5) is 32.4. The van der Waals surface area contributed by atoms with Crippen LogP contribution < -0.4 is 9.80 Å². The summed E-state index contributed by atoms with van der Waals surface area (Å²) in [6.45, 7) is 12.6. The van der Waals surface area contributed by atoms with Gasteiger partial charge in [-0.2, -0.15) is 0 Å². The zero-order valence-corrected chi connectivity index (χ0v) is 16.9. The molecule has 0 aromatic carbocycles. The normalized spacial score (nSPS) is 21.5. The highest BCUT2D eigenvalue weighted by atomic mass is 32.1. The first-order valence-corrected chi connectivity index (χ1v) is 10.2. The Labute approximate surface area is 159 Å².